The zero-order valence-electron chi connectivity index (χ0n) is 40.8. The van der Waals surface area contributed by atoms with Crippen LogP contribution in [0.2, 0.25) is 0 Å². The van der Waals surface area contributed by atoms with E-state index in [2.05, 4.69) is 294 Å². The Bertz CT molecular complexity index is 4130. The number of aromatic nitrogens is 4. The Balaban J connectivity index is 1.06. The Morgan fingerprint density at radius 1 is 0.405 bits per heavy atom. The van der Waals surface area contributed by atoms with Crippen LogP contribution in [-0.2, 0) is 7.05 Å². The molecule has 1 aliphatic rings. The quantitative estimate of drug-likeness (QED) is 0.107. The van der Waals surface area contributed by atoms with Crippen molar-refractivity contribution in [3.8, 4) is 17.1 Å². The molecule has 0 bridgehead atoms. The number of benzene rings is 10. The molecule has 5 nitrogen and oxygen atoms in total. The van der Waals surface area contributed by atoms with Crippen molar-refractivity contribution in [3.05, 3.63) is 279 Å². The summed E-state index contributed by atoms with van der Waals surface area (Å²) >= 11 is 0. The van der Waals surface area contributed by atoms with E-state index in [1.54, 1.807) is 0 Å². The minimum atomic E-state index is -3.09. The predicted octanol–water partition coefficient (Wildman–Crippen LogP) is 10.3. The summed E-state index contributed by atoms with van der Waals surface area (Å²) in [5, 5.41) is 12.9. The smallest absolute Gasteiger partial charge is 0.184 e. The Hall–Kier alpha value is -9.15. The average Bonchev–Trinajstić information content (AvgIpc) is 3.99. The number of imidazole rings is 1. The SMILES string of the molecule is Cn1c(-c2cccc([Si](c3ccccc3)(c3ccccc3)c3cccc(-n4c5cc6c(cc5c5cccnc54)[Si](c4ccccc4)(c4ccccc4)c4ccccc4N6c4ccccc4)c3)c2)nc2ccccc21. The zero-order valence-corrected chi connectivity index (χ0v) is 42.8. The van der Waals surface area contributed by atoms with Crippen LogP contribution >= 0.6 is 0 Å². The van der Waals surface area contributed by atoms with Crippen LogP contribution in [-0.4, -0.2) is 35.2 Å². The van der Waals surface area contributed by atoms with Gasteiger partial charge in [0.15, 0.2) is 16.1 Å². The van der Waals surface area contributed by atoms with Crippen molar-refractivity contribution in [2.45, 2.75) is 0 Å². The Kier molecular flexibility index (Phi) is 10.4. The first-order valence-corrected chi connectivity index (χ1v) is 29.4. The summed E-state index contributed by atoms with van der Waals surface area (Å²) in [6, 6.07) is 101. The number of fused-ring (bicyclic) bond motifs is 6. The molecule has 0 aliphatic carbocycles. The summed E-state index contributed by atoms with van der Waals surface area (Å²) < 4.78 is 4.65. The van der Waals surface area contributed by atoms with Crippen molar-refractivity contribution < 1.29 is 0 Å². The molecule has 14 rings (SSSR count). The number of nitrogens with zero attached hydrogens (tertiary/aromatic N) is 5. The number of aryl methyl sites for hydroxylation is 1. The second-order valence-electron chi connectivity index (χ2n) is 19.4. The highest BCUT2D eigenvalue weighted by molar-refractivity contribution is 7.21. The van der Waals surface area contributed by atoms with E-state index >= 15 is 0 Å². The maximum atomic E-state index is 5.29. The molecule has 0 fully saturated rings. The molecule has 7 heteroatoms. The summed E-state index contributed by atoms with van der Waals surface area (Å²) in [6.07, 6.45) is 1.94. The molecule has 3 aromatic heterocycles. The van der Waals surface area contributed by atoms with Gasteiger partial charge in [-0.25, -0.2) is 9.97 Å². The lowest BCUT2D eigenvalue weighted by molar-refractivity contribution is 0.959. The van der Waals surface area contributed by atoms with Crippen molar-refractivity contribution in [1.29, 1.82) is 0 Å². The molecular formula is C67H49N5Si2. The van der Waals surface area contributed by atoms with Gasteiger partial charge in [0, 0.05) is 52.3 Å². The molecular weight excluding hydrogens is 931 g/mol. The van der Waals surface area contributed by atoms with Gasteiger partial charge in [-0.15, -0.1) is 0 Å². The number of para-hydroxylation sites is 4. The van der Waals surface area contributed by atoms with Crippen LogP contribution in [0.1, 0.15) is 0 Å². The van der Waals surface area contributed by atoms with Gasteiger partial charge in [-0.1, -0.05) is 206 Å². The predicted molar refractivity (Wildman–Crippen MR) is 314 cm³/mol. The summed E-state index contributed by atoms with van der Waals surface area (Å²) in [7, 11) is -3.95. The Morgan fingerprint density at radius 3 is 1.66 bits per heavy atom. The van der Waals surface area contributed by atoms with Gasteiger partial charge in [0.2, 0.25) is 0 Å². The first-order valence-electron chi connectivity index (χ1n) is 25.4. The average molecular weight is 980 g/mol. The third-order valence-corrected chi connectivity index (χ3v) is 25.1. The second-order valence-corrected chi connectivity index (χ2v) is 26.9. The normalized spacial score (nSPS) is 13.0. The highest BCUT2D eigenvalue weighted by Gasteiger charge is 2.49. The number of rotatable bonds is 9. The van der Waals surface area contributed by atoms with Crippen LogP contribution in [0.3, 0.4) is 0 Å². The van der Waals surface area contributed by atoms with Crippen LogP contribution in [0.25, 0.3) is 50.0 Å². The molecule has 0 saturated heterocycles. The van der Waals surface area contributed by atoms with Gasteiger partial charge in [-0.05, 0) is 108 Å². The number of hydrogen-bond donors (Lipinski definition) is 0. The molecule has 0 N–H and O–H groups in total. The first kappa shape index (κ1) is 43.6. The number of hydrogen-bond acceptors (Lipinski definition) is 3. The molecule has 0 spiro atoms. The van der Waals surface area contributed by atoms with Gasteiger partial charge in [0.1, 0.15) is 11.5 Å². The van der Waals surface area contributed by atoms with Crippen molar-refractivity contribution in [2.75, 3.05) is 4.90 Å². The maximum Gasteiger partial charge on any atom is 0.184 e. The van der Waals surface area contributed by atoms with Crippen molar-refractivity contribution in [1.82, 2.24) is 19.1 Å². The van der Waals surface area contributed by atoms with E-state index in [9.17, 15) is 0 Å². The van der Waals surface area contributed by atoms with Gasteiger partial charge in [-0.3, -0.25) is 4.57 Å². The largest absolute Gasteiger partial charge is 0.327 e. The zero-order chi connectivity index (χ0) is 49.2. The molecule has 350 valence electrons. The van der Waals surface area contributed by atoms with Crippen molar-refractivity contribution in [2.24, 2.45) is 7.05 Å². The van der Waals surface area contributed by atoms with Gasteiger partial charge in [-0.2, -0.15) is 0 Å². The van der Waals surface area contributed by atoms with Crippen LogP contribution < -0.4 is 46.4 Å². The van der Waals surface area contributed by atoms with E-state index in [4.69, 9.17) is 9.97 Å². The van der Waals surface area contributed by atoms with Crippen LogP contribution in [0.15, 0.2) is 279 Å². The van der Waals surface area contributed by atoms with E-state index in [1.807, 2.05) is 6.20 Å². The number of pyridine rings is 1. The summed E-state index contributed by atoms with van der Waals surface area (Å²) in [5.74, 6) is 0.948. The van der Waals surface area contributed by atoms with E-state index in [1.165, 1.54) is 58.3 Å². The maximum absolute atomic E-state index is 5.29. The van der Waals surface area contributed by atoms with Crippen molar-refractivity contribution >= 4 is 108 Å². The molecule has 10 aromatic carbocycles. The minimum Gasteiger partial charge on any atom is -0.327 e. The molecule has 0 radical (unpaired) electrons. The van der Waals surface area contributed by atoms with E-state index in [0.717, 1.165) is 50.3 Å². The standard InChI is InChI=1S/C67H49N5Si2/c1-70-60-40-18-17-39-59(60)69-66(70)48-24-21-36-55(44-48)73(51-28-9-3-10-29-51,52-30-11-4-12-31-52)56-37-22-27-50(45-56)72-62-47-63-65(46-58(62)57-38-23-43-68-67(57)72)74(53-32-13-5-14-33-53,54-34-15-6-16-35-54)64-42-20-19-41-61(64)71(63)49-25-7-2-8-26-49/h2-47H,1H3. The lowest BCUT2D eigenvalue weighted by Crippen LogP contribution is -2.77. The van der Waals surface area contributed by atoms with Gasteiger partial charge in [0.25, 0.3) is 0 Å². The van der Waals surface area contributed by atoms with E-state index in [0.29, 0.717) is 0 Å². The van der Waals surface area contributed by atoms with Crippen LogP contribution in [0.5, 0.6) is 0 Å². The van der Waals surface area contributed by atoms with Crippen molar-refractivity contribution in [3.63, 3.8) is 0 Å². The topological polar surface area (TPSA) is 38.9 Å². The second kappa shape index (κ2) is 17.6. The van der Waals surface area contributed by atoms with E-state index in [-0.39, 0.29) is 0 Å². The summed E-state index contributed by atoms with van der Waals surface area (Å²) in [6.45, 7) is 0. The molecule has 4 heterocycles. The summed E-state index contributed by atoms with van der Waals surface area (Å²) in [5.41, 5.74) is 9.79. The molecule has 0 saturated carbocycles. The third-order valence-electron chi connectivity index (χ3n) is 15.6. The molecule has 74 heavy (non-hydrogen) atoms. The monoisotopic (exact) mass is 979 g/mol. The third kappa shape index (κ3) is 6.53. The molecule has 1 aliphatic heterocycles. The Labute approximate surface area is 432 Å². The lowest BCUT2D eigenvalue weighted by atomic mass is 10.1. The molecule has 0 atom stereocenters. The minimum absolute atomic E-state index is 0.924. The highest BCUT2D eigenvalue weighted by atomic mass is 28.3. The van der Waals surface area contributed by atoms with E-state index < -0.39 is 16.1 Å². The van der Waals surface area contributed by atoms with Gasteiger partial charge < -0.3 is 9.47 Å². The van der Waals surface area contributed by atoms with Crippen LogP contribution in [0, 0.1) is 0 Å². The fourth-order valence-corrected chi connectivity index (χ4v) is 22.4. The highest BCUT2D eigenvalue weighted by Crippen LogP contribution is 2.42. The molecule has 13 aromatic rings. The van der Waals surface area contributed by atoms with Gasteiger partial charge >= 0.3 is 0 Å². The summed E-state index contributed by atoms with van der Waals surface area (Å²) in [4.78, 5) is 13.0. The first-order chi connectivity index (χ1) is 36.6. The van der Waals surface area contributed by atoms with Crippen LogP contribution in [0.4, 0.5) is 17.1 Å². The molecule has 0 amide bonds. The van der Waals surface area contributed by atoms with Gasteiger partial charge in [0.05, 0.1) is 16.6 Å². The number of anilines is 3. The lowest BCUT2D eigenvalue weighted by Gasteiger charge is -2.45. The fourth-order valence-electron chi connectivity index (χ4n) is 12.5. The molecule has 0 unspecified atom stereocenters. The Morgan fingerprint density at radius 2 is 0.973 bits per heavy atom. The fraction of sp³-hybridized carbons (Fsp3) is 0.0149.